The molecule has 3 heteroatoms. The second-order valence-corrected chi connectivity index (χ2v) is 4.55. The van der Waals surface area contributed by atoms with E-state index >= 15 is 0 Å². The van der Waals surface area contributed by atoms with Gasteiger partial charge in [0.2, 0.25) is 0 Å². The van der Waals surface area contributed by atoms with Crippen molar-refractivity contribution in [1.82, 2.24) is 4.90 Å². The maximum atomic E-state index is 12.2. The van der Waals surface area contributed by atoms with Crippen LogP contribution >= 0.6 is 0 Å². The topological polar surface area (TPSA) is 44.1 Å². The van der Waals surface area contributed by atoms with Crippen molar-refractivity contribution in [1.29, 1.82) is 5.26 Å². The minimum Gasteiger partial charge on any atom is -0.292 e. The summed E-state index contributed by atoms with van der Waals surface area (Å²) in [6.07, 6.45) is 0.672. The Bertz CT molecular complexity index is 503. The minimum absolute atomic E-state index is 0.0531. The van der Waals surface area contributed by atoms with Crippen molar-refractivity contribution in [3.8, 4) is 6.07 Å². The number of fused-ring (bicyclic) bond motifs is 4. The summed E-state index contributed by atoms with van der Waals surface area (Å²) in [4.78, 5) is 14.2. The van der Waals surface area contributed by atoms with Crippen LogP contribution in [-0.2, 0) is 0 Å². The average molecular weight is 212 g/mol. The number of benzene rings is 1. The van der Waals surface area contributed by atoms with Gasteiger partial charge in [-0.25, -0.2) is 0 Å². The molecule has 2 aliphatic rings. The molecule has 2 aliphatic heterocycles. The third-order valence-corrected chi connectivity index (χ3v) is 3.80. The highest BCUT2D eigenvalue weighted by molar-refractivity contribution is 6.03. The number of nitrogens with zero attached hydrogens (tertiary/aromatic N) is 2. The number of Topliss-reactive ketones (excluding diaryl/α,β-unsaturated/α-hetero) is 1. The van der Waals surface area contributed by atoms with Crippen LogP contribution in [0.3, 0.4) is 0 Å². The smallest absolute Gasteiger partial charge is 0.180 e. The number of ketones is 1. The Morgan fingerprint density at radius 3 is 2.94 bits per heavy atom. The molecular weight excluding hydrogens is 200 g/mol. The molecule has 3 nitrogen and oxygen atoms in total. The Labute approximate surface area is 94.3 Å². The van der Waals surface area contributed by atoms with Crippen molar-refractivity contribution in [2.24, 2.45) is 5.92 Å². The van der Waals surface area contributed by atoms with Gasteiger partial charge in [0.05, 0.1) is 24.1 Å². The summed E-state index contributed by atoms with van der Waals surface area (Å²) >= 11 is 0. The molecule has 0 aromatic heterocycles. The van der Waals surface area contributed by atoms with Gasteiger partial charge in [-0.1, -0.05) is 24.3 Å². The van der Waals surface area contributed by atoms with Crippen LogP contribution in [0.1, 0.15) is 28.4 Å². The van der Waals surface area contributed by atoms with E-state index in [0.29, 0.717) is 6.42 Å². The molecule has 3 rings (SSSR count). The second kappa shape index (κ2) is 3.16. The molecule has 2 heterocycles. The lowest BCUT2D eigenvalue weighted by atomic mass is 9.91. The van der Waals surface area contributed by atoms with Gasteiger partial charge in [0.15, 0.2) is 5.78 Å². The zero-order chi connectivity index (χ0) is 11.3. The fraction of sp³-hybridized carbons (Fsp3) is 0.385. The van der Waals surface area contributed by atoms with Crippen LogP contribution in [0.2, 0.25) is 0 Å². The van der Waals surface area contributed by atoms with Crippen molar-refractivity contribution in [2.75, 3.05) is 7.05 Å². The second-order valence-electron chi connectivity index (χ2n) is 4.55. The summed E-state index contributed by atoms with van der Waals surface area (Å²) in [7, 11) is 1.94. The third kappa shape index (κ3) is 1.03. The minimum atomic E-state index is -0.0930. The zero-order valence-electron chi connectivity index (χ0n) is 9.05. The molecule has 0 N–H and O–H groups in total. The highest BCUT2D eigenvalue weighted by atomic mass is 16.1. The molecule has 0 spiro atoms. The Morgan fingerprint density at radius 1 is 1.44 bits per heavy atom. The van der Waals surface area contributed by atoms with Gasteiger partial charge in [0, 0.05) is 5.56 Å². The van der Waals surface area contributed by atoms with E-state index in [9.17, 15) is 4.79 Å². The highest BCUT2D eigenvalue weighted by Crippen LogP contribution is 2.45. The van der Waals surface area contributed by atoms with E-state index in [1.165, 1.54) is 0 Å². The van der Waals surface area contributed by atoms with E-state index in [0.717, 1.165) is 11.1 Å². The molecule has 0 amide bonds. The molecule has 0 unspecified atom stereocenters. The fourth-order valence-corrected chi connectivity index (χ4v) is 3.02. The van der Waals surface area contributed by atoms with Crippen LogP contribution in [0.15, 0.2) is 24.3 Å². The Morgan fingerprint density at radius 2 is 2.19 bits per heavy atom. The first-order valence-corrected chi connectivity index (χ1v) is 5.48. The van der Waals surface area contributed by atoms with Crippen molar-refractivity contribution in [2.45, 2.75) is 18.5 Å². The molecule has 16 heavy (non-hydrogen) atoms. The van der Waals surface area contributed by atoms with Gasteiger partial charge in [-0.3, -0.25) is 9.69 Å². The van der Waals surface area contributed by atoms with Crippen LogP contribution in [0, 0.1) is 17.2 Å². The lowest BCUT2D eigenvalue weighted by Gasteiger charge is -2.32. The number of hydrogen-bond donors (Lipinski definition) is 0. The molecule has 2 bridgehead atoms. The van der Waals surface area contributed by atoms with Gasteiger partial charge in [-0.05, 0) is 19.0 Å². The van der Waals surface area contributed by atoms with E-state index in [1.807, 2.05) is 31.3 Å². The first kappa shape index (κ1) is 9.56. The van der Waals surface area contributed by atoms with Gasteiger partial charge in [-0.15, -0.1) is 0 Å². The van der Waals surface area contributed by atoms with Crippen LogP contribution < -0.4 is 0 Å². The van der Waals surface area contributed by atoms with E-state index in [-0.39, 0.29) is 23.8 Å². The number of carbonyl (C=O) groups is 1. The molecule has 1 fully saturated rings. The number of nitriles is 1. The van der Waals surface area contributed by atoms with Crippen molar-refractivity contribution in [3.63, 3.8) is 0 Å². The van der Waals surface area contributed by atoms with Crippen LogP contribution in [0.4, 0.5) is 0 Å². The highest BCUT2D eigenvalue weighted by Gasteiger charge is 2.48. The summed E-state index contributed by atoms with van der Waals surface area (Å²) in [6.45, 7) is 0. The Hall–Kier alpha value is -1.66. The van der Waals surface area contributed by atoms with Gasteiger partial charge in [-0.2, -0.15) is 5.26 Å². The molecule has 0 saturated carbocycles. The molecule has 0 aliphatic carbocycles. The maximum Gasteiger partial charge on any atom is 0.180 e. The molecule has 80 valence electrons. The van der Waals surface area contributed by atoms with Gasteiger partial charge in [0.25, 0.3) is 0 Å². The molecule has 1 aromatic carbocycles. The summed E-state index contributed by atoms with van der Waals surface area (Å²) in [5, 5.41) is 9.15. The molecule has 1 saturated heterocycles. The van der Waals surface area contributed by atoms with Crippen LogP contribution in [0.5, 0.6) is 0 Å². The predicted octanol–water partition coefficient (Wildman–Crippen LogP) is 1.77. The van der Waals surface area contributed by atoms with Crippen molar-refractivity contribution in [3.05, 3.63) is 35.4 Å². The van der Waals surface area contributed by atoms with Crippen LogP contribution in [0.25, 0.3) is 0 Å². The standard InChI is InChI=1S/C13H12N2O/c1-15-11-6-8(7-14)12(15)9-4-2-3-5-10(9)13(11)16/h2-5,8,11-12H,6H2,1H3/t8-,11+,12-/m1/s1. The summed E-state index contributed by atoms with van der Waals surface area (Å²) < 4.78 is 0. The first-order chi connectivity index (χ1) is 7.74. The van der Waals surface area contributed by atoms with E-state index in [1.54, 1.807) is 0 Å². The summed E-state index contributed by atoms with van der Waals surface area (Å²) in [5.41, 5.74) is 1.84. The lowest BCUT2D eigenvalue weighted by molar-refractivity contribution is 0.0835. The molecule has 0 radical (unpaired) electrons. The molecular formula is C13H12N2O. The summed E-state index contributed by atoms with van der Waals surface area (Å²) in [5.74, 6) is 0.120. The Balaban J connectivity index is 2.21. The lowest BCUT2D eigenvalue weighted by Crippen LogP contribution is -2.39. The van der Waals surface area contributed by atoms with Crippen molar-refractivity contribution < 1.29 is 4.79 Å². The third-order valence-electron chi connectivity index (χ3n) is 3.80. The first-order valence-electron chi connectivity index (χ1n) is 5.48. The summed E-state index contributed by atoms with van der Waals surface area (Å²) in [6, 6.07) is 10.0. The monoisotopic (exact) mass is 212 g/mol. The van der Waals surface area contributed by atoms with Gasteiger partial charge >= 0.3 is 0 Å². The molecule has 3 atom stereocenters. The van der Waals surface area contributed by atoms with E-state index in [2.05, 4.69) is 11.0 Å². The van der Waals surface area contributed by atoms with Gasteiger partial charge < -0.3 is 0 Å². The maximum absolute atomic E-state index is 12.2. The Kier molecular flexibility index (Phi) is 1.89. The predicted molar refractivity (Wildman–Crippen MR) is 58.8 cm³/mol. The largest absolute Gasteiger partial charge is 0.292 e. The zero-order valence-corrected chi connectivity index (χ0v) is 9.05. The van der Waals surface area contributed by atoms with Crippen molar-refractivity contribution >= 4 is 5.78 Å². The number of likely N-dealkylation sites (N-methyl/N-ethyl adjacent to an activating group) is 1. The average Bonchev–Trinajstić information content (AvgIpc) is 2.58. The number of carbonyl (C=O) groups excluding carboxylic acids is 1. The van der Waals surface area contributed by atoms with Gasteiger partial charge in [0.1, 0.15) is 0 Å². The fourth-order valence-electron chi connectivity index (χ4n) is 3.02. The molecule has 1 aromatic rings. The normalized spacial score (nSPS) is 32.2. The van der Waals surface area contributed by atoms with E-state index < -0.39 is 0 Å². The quantitative estimate of drug-likeness (QED) is 0.658. The number of hydrogen-bond acceptors (Lipinski definition) is 3. The van der Waals surface area contributed by atoms with E-state index in [4.69, 9.17) is 5.26 Å². The van der Waals surface area contributed by atoms with Crippen LogP contribution in [-0.4, -0.2) is 23.8 Å². The number of rotatable bonds is 0. The SMILES string of the molecule is CN1[C@H]2C[C@H](C#N)[C@@H]1c1ccccc1C2=O.